The number of carbonyl (C=O) groups is 1. The van der Waals surface area contributed by atoms with E-state index in [1.165, 1.54) is 12.4 Å². The number of aromatic amines is 1. The first-order valence-corrected chi connectivity index (χ1v) is 4.94. The van der Waals surface area contributed by atoms with Crippen molar-refractivity contribution in [3.8, 4) is 17.3 Å². The first-order valence-electron chi connectivity index (χ1n) is 4.94. The van der Waals surface area contributed by atoms with E-state index in [0.717, 1.165) is 6.07 Å². The second-order valence-electron chi connectivity index (χ2n) is 3.45. The van der Waals surface area contributed by atoms with Crippen LogP contribution in [0.1, 0.15) is 15.9 Å². The highest BCUT2D eigenvalue weighted by Crippen LogP contribution is 2.19. The van der Waals surface area contributed by atoms with Crippen LogP contribution in [0, 0.1) is 11.3 Å². The molecule has 0 bridgehead atoms. The number of nitriles is 1. The molecular weight excluding hydrogens is 234 g/mol. The predicted octanol–water partition coefficient (Wildman–Crippen LogP) is 1.01. The van der Waals surface area contributed by atoms with Crippen molar-refractivity contribution in [3.63, 3.8) is 0 Å². The summed E-state index contributed by atoms with van der Waals surface area (Å²) >= 11 is 0. The minimum Gasteiger partial charge on any atom is -0.478 e. The van der Waals surface area contributed by atoms with Crippen molar-refractivity contribution >= 4 is 5.97 Å². The molecule has 0 radical (unpaired) electrons. The highest BCUT2D eigenvalue weighted by molar-refractivity contribution is 5.95. The molecule has 0 saturated carbocycles. The van der Waals surface area contributed by atoms with Crippen LogP contribution < -0.4 is 5.56 Å². The van der Waals surface area contributed by atoms with Crippen molar-refractivity contribution in [1.82, 2.24) is 9.97 Å². The molecule has 0 aliphatic rings. The highest BCUT2D eigenvalue weighted by atomic mass is 16.4. The van der Waals surface area contributed by atoms with Crippen LogP contribution in [0.25, 0.3) is 11.3 Å². The second-order valence-corrected chi connectivity index (χ2v) is 3.45. The predicted molar refractivity (Wildman–Crippen MR) is 62.0 cm³/mol. The van der Waals surface area contributed by atoms with Crippen molar-refractivity contribution in [2.24, 2.45) is 0 Å². The van der Waals surface area contributed by atoms with E-state index in [1.54, 1.807) is 18.2 Å². The lowest BCUT2D eigenvalue weighted by molar-refractivity contribution is 0.0697. The van der Waals surface area contributed by atoms with Gasteiger partial charge in [0, 0.05) is 18.0 Å². The fourth-order valence-corrected chi connectivity index (χ4v) is 1.53. The number of hydrogen-bond donors (Lipinski definition) is 2. The summed E-state index contributed by atoms with van der Waals surface area (Å²) in [5, 5.41) is 17.8. The number of carboxylic acid groups (broad SMARTS) is 1. The van der Waals surface area contributed by atoms with Gasteiger partial charge < -0.3 is 10.1 Å². The van der Waals surface area contributed by atoms with Crippen molar-refractivity contribution in [3.05, 3.63) is 52.1 Å². The summed E-state index contributed by atoms with van der Waals surface area (Å²) in [7, 11) is 0. The summed E-state index contributed by atoms with van der Waals surface area (Å²) in [6.07, 6.45) is 2.97. The minimum atomic E-state index is -1.21. The Bertz CT molecular complexity index is 699. The molecule has 0 unspecified atom stereocenters. The lowest BCUT2D eigenvalue weighted by atomic mass is 10.1. The Balaban J connectivity index is 2.76. The Labute approximate surface area is 101 Å². The number of H-pyrrole nitrogens is 1. The number of rotatable bonds is 2. The van der Waals surface area contributed by atoms with E-state index < -0.39 is 11.5 Å². The quantitative estimate of drug-likeness (QED) is 0.815. The van der Waals surface area contributed by atoms with E-state index in [-0.39, 0.29) is 16.8 Å². The Morgan fingerprint density at radius 2 is 2.06 bits per heavy atom. The lowest BCUT2D eigenvalue weighted by Gasteiger charge is -2.05. The van der Waals surface area contributed by atoms with E-state index in [4.69, 9.17) is 10.4 Å². The summed E-state index contributed by atoms with van der Waals surface area (Å²) in [5.41, 5.74) is -0.297. The Morgan fingerprint density at radius 1 is 1.39 bits per heavy atom. The third-order valence-electron chi connectivity index (χ3n) is 2.36. The normalized spacial score (nSPS) is 9.72. The van der Waals surface area contributed by atoms with E-state index >= 15 is 0 Å². The third-order valence-corrected chi connectivity index (χ3v) is 2.36. The molecule has 0 aliphatic carbocycles. The van der Waals surface area contributed by atoms with Crippen LogP contribution in [-0.2, 0) is 0 Å². The zero-order valence-electron chi connectivity index (χ0n) is 9.04. The van der Waals surface area contributed by atoms with Crippen LogP contribution >= 0.6 is 0 Å². The third kappa shape index (κ3) is 1.97. The molecule has 2 aromatic rings. The standard InChI is InChI=1S/C12H7N3O3/c13-6-8-5-9(12(17)18)10(15-11(8)16)7-1-3-14-4-2-7/h1-5H,(H,15,16)(H,17,18). The average molecular weight is 241 g/mol. The smallest absolute Gasteiger partial charge is 0.337 e. The molecule has 18 heavy (non-hydrogen) atoms. The van der Waals surface area contributed by atoms with Crippen LogP contribution in [0.2, 0.25) is 0 Å². The van der Waals surface area contributed by atoms with Crippen molar-refractivity contribution in [1.29, 1.82) is 5.26 Å². The van der Waals surface area contributed by atoms with Gasteiger partial charge in [-0.15, -0.1) is 0 Å². The highest BCUT2D eigenvalue weighted by Gasteiger charge is 2.15. The fraction of sp³-hybridized carbons (Fsp3) is 0. The molecule has 2 rings (SSSR count). The topological polar surface area (TPSA) is 107 Å². The summed E-state index contributed by atoms with van der Waals surface area (Å²) < 4.78 is 0. The molecule has 6 nitrogen and oxygen atoms in total. The van der Waals surface area contributed by atoms with Gasteiger partial charge in [-0.2, -0.15) is 5.26 Å². The number of aromatic carboxylic acids is 1. The van der Waals surface area contributed by atoms with E-state index in [2.05, 4.69) is 9.97 Å². The Morgan fingerprint density at radius 3 is 2.61 bits per heavy atom. The first-order chi connectivity index (χ1) is 8.63. The van der Waals surface area contributed by atoms with Gasteiger partial charge in [0.2, 0.25) is 0 Å². The molecule has 0 amide bonds. The zero-order chi connectivity index (χ0) is 13.1. The van der Waals surface area contributed by atoms with Gasteiger partial charge >= 0.3 is 5.97 Å². The van der Waals surface area contributed by atoms with E-state index in [9.17, 15) is 9.59 Å². The van der Waals surface area contributed by atoms with Crippen LogP contribution in [0.3, 0.4) is 0 Å². The summed E-state index contributed by atoms with van der Waals surface area (Å²) in [6, 6.07) is 5.86. The number of carboxylic acids is 1. The molecular formula is C12H7N3O3. The van der Waals surface area contributed by atoms with Crippen molar-refractivity contribution in [2.45, 2.75) is 0 Å². The lowest BCUT2D eigenvalue weighted by Crippen LogP contribution is -2.15. The monoisotopic (exact) mass is 241 g/mol. The molecule has 0 atom stereocenters. The molecule has 6 heteroatoms. The van der Waals surface area contributed by atoms with E-state index in [1.807, 2.05) is 0 Å². The maximum Gasteiger partial charge on any atom is 0.337 e. The van der Waals surface area contributed by atoms with Gasteiger partial charge in [-0.1, -0.05) is 0 Å². The molecule has 2 N–H and O–H groups in total. The van der Waals surface area contributed by atoms with Gasteiger partial charge in [0.25, 0.3) is 5.56 Å². The SMILES string of the molecule is N#Cc1cc(C(=O)O)c(-c2ccncc2)[nH]c1=O. The van der Waals surface area contributed by atoms with Gasteiger partial charge in [0.1, 0.15) is 11.6 Å². The van der Waals surface area contributed by atoms with Gasteiger partial charge in [-0.25, -0.2) is 4.79 Å². The number of nitrogens with one attached hydrogen (secondary N) is 1. The average Bonchev–Trinajstić information content (AvgIpc) is 2.39. The molecule has 2 heterocycles. The summed E-state index contributed by atoms with van der Waals surface area (Å²) in [5.74, 6) is -1.21. The zero-order valence-corrected chi connectivity index (χ0v) is 9.04. The molecule has 0 saturated heterocycles. The number of aromatic nitrogens is 2. The van der Waals surface area contributed by atoms with Gasteiger partial charge in [0.15, 0.2) is 0 Å². The molecule has 0 aliphatic heterocycles. The molecule has 88 valence electrons. The van der Waals surface area contributed by atoms with Crippen LogP contribution in [0.5, 0.6) is 0 Å². The summed E-state index contributed by atoms with van der Waals surface area (Å²) in [6.45, 7) is 0. The molecule has 0 fully saturated rings. The number of hydrogen-bond acceptors (Lipinski definition) is 4. The largest absolute Gasteiger partial charge is 0.478 e. The van der Waals surface area contributed by atoms with Gasteiger partial charge in [-0.05, 0) is 18.2 Å². The maximum absolute atomic E-state index is 11.5. The molecule has 0 spiro atoms. The van der Waals surface area contributed by atoms with Crippen LogP contribution in [0.15, 0.2) is 35.4 Å². The number of pyridine rings is 2. The Hall–Kier alpha value is -2.94. The molecule has 2 aromatic heterocycles. The van der Waals surface area contributed by atoms with Gasteiger partial charge in [0.05, 0.1) is 11.3 Å². The summed E-state index contributed by atoms with van der Waals surface area (Å²) in [4.78, 5) is 28.9. The first kappa shape index (κ1) is 11.5. The molecule has 0 aromatic carbocycles. The van der Waals surface area contributed by atoms with E-state index in [0.29, 0.717) is 5.56 Å². The van der Waals surface area contributed by atoms with Gasteiger partial charge in [-0.3, -0.25) is 9.78 Å². The van der Waals surface area contributed by atoms with Crippen LogP contribution in [-0.4, -0.2) is 21.0 Å². The maximum atomic E-state index is 11.5. The number of nitrogens with zero attached hydrogens (tertiary/aromatic N) is 2. The van der Waals surface area contributed by atoms with Crippen LogP contribution in [0.4, 0.5) is 0 Å². The Kier molecular flexibility index (Phi) is 2.89. The fourth-order valence-electron chi connectivity index (χ4n) is 1.53. The minimum absolute atomic E-state index is 0.127. The van der Waals surface area contributed by atoms with Crippen molar-refractivity contribution in [2.75, 3.05) is 0 Å². The van der Waals surface area contributed by atoms with Crippen molar-refractivity contribution < 1.29 is 9.90 Å². The second kappa shape index (κ2) is 4.51.